The van der Waals surface area contributed by atoms with Crippen LogP contribution >= 0.6 is 24.0 Å². The molecule has 1 aliphatic rings. The predicted molar refractivity (Wildman–Crippen MR) is 107 cm³/mol. The van der Waals surface area contributed by atoms with Crippen molar-refractivity contribution >= 4 is 29.9 Å². The molecule has 1 rings (SSSR count). The molecule has 1 N–H and O–H groups in total. The van der Waals surface area contributed by atoms with E-state index in [0.717, 1.165) is 71.3 Å². The molecule has 0 amide bonds. The minimum Gasteiger partial charge on any atom is -0.383 e. The molecule has 1 saturated heterocycles. The number of methoxy groups -OCH3 is 1. The monoisotopic (exact) mass is 442 g/mol. The van der Waals surface area contributed by atoms with Crippen molar-refractivity contribution in [3.05, 3.63) is 0 Å². The number of likely N-dealkylation sites (N-methyl/N-ethyl adjacent to an activating group) is 1. The fourth-order valence-electron chi connectivity index (χ4n) is 2.56. The van der Waals surface area contributed by atoms with Crippen molar-refractivity contribution in [3.63, 3.8) is 0 Å². The molecule has 0 radical (unpaired) electrons. The van der Waals surface area contributed by atoms with Crippen molar-refractivity contribution in [1.29, 1.82) is 0 Å². The maximum absolute atomic E-state index is 5.45. The summed E-state index contributed by atoms with van der Waals surface area (Å²) in [4.78, 5) is 9.26. The minimum atomic E-state index is 0. The minimum absolute atomic E-state index is 0. The van der Waals surface area contributed by atoms with Gasteiger partial charge in [0.25, 0.3) is 0 Å². The fourth-order valence-corrected chi connectivity index (χ4v) is 2.56. The highest BCUT2D eigenvalue weighted by atomic mass is 127. The first-order valence-electron chi connectivity index (χ1n) is 8.42. The summed E-state index contributed by atoms with van der Waals surface area (Å²) in [6.45, 7) is 9.47. The molecule has 0 saturated carbocycles. The van der Waals surface area contributed by atoms with E-state index in [2.05, 4.69) is 36.1 Å². The van der Waals surface area contributed by atoms with Gasteiger partial charge in [0.2, 0.25) is 0 Å². The van der Waals surface area contributed by atoms with Gasteiger partial charge in [0.15, 0.2) is 5.96 Å². The highest BCUT2D eigenvalue weighted by molar-refractivity contribution is 14.0. The number of aliphatic imine (C=N–C) groups is 1. The summed E-state index contributed by atoms with van der Waals surface area (Å²) in [7, 11) is 5.98. The van der Waals surface area contributed by atoms with E-state index in [1.807, 2.05) is 0 Å². The zero-order valence-corrected chi connectivity index (χ0v) is 17.5. The standard InChI is InChI=1S/C16H34N4O2.HI/c1-5-17-16(20(3)13-15-7-11-22-14-15)18-8-6-9-19(2)10-12-21-4;/h15H,5-14H2,1-4H3,(H,17,18);1H. The van der Waals surface area contributed by atoms with Gasteiger partial charge in [-0.15, -0.1) is 24.0 Å². The van der Waals surface area contributed by atoms with Crippen molar-refractivity contribution in [2.75, 3.05) is 73.7 Å². The van der Waals surface area contributed by atoms with Crippen LogP contribution in [0.25, 0.3) is 0 Å². The summed E-state index contributed by atoms with van der Waals surface area (Å²) in [5, 5.41) is 3.38. The number of rotatable bonds is 10. The van der Waals surface area contributed by atoms with Crippen molar-refractivity contribution in [1.82, 2.24) is 15.1 Å². The molecule has 0 aromatic heterocycles. The summed E-state index contributed by atoms with van der Waals surface area (Å²) < 4.78 is 10.5. The molecule has 1 atom stereocenters. The lowest BCUT2D eigenvalue weighted by atomic mass is 10.1. The molecular weight excluding hydrogens is 407 g/mol. The van der Waals surface area contributed by atoms with Gasteiger partial charge in [-0.05, 0) is 33.4 Å². The Balaban J connectivity index is 0.00000484. The van der Waals surface area contributed by atoms with Crippen molar-refractivity contribution < 1.29 is 9.47 Å². The van der Waals surface area contributed by atoms with Gasteiger partial charge in [-0.2, -0.15) is 0 Å². The van der Waals surface area contributed by atoms with E-state index in [4.69, 9.17) is 14.5 Å². The zero-order chi connectivity index (χ0) is 16.2. The molecule has 0 aliphatic carbocycles. The molecule has 1 heterocycles. The molecule has 1 aliphatic heterocycles. The topological polar surface area (TPSA) is 49.3 Å². The van der Waals surface area contributed by atoms with Crippen LogP contribution in [0.3, 0.4) is 0 Å². The Morgan fingerprint density at radius 1 is 1.35 bits per heavy atom. The average molecular weight is 442 g/mol. The smallest absolute Gasteiger partial charge is 0.193 e. The maximum atomic E-state index is 5.45. The van der Waals surface area contributed by atoms with E-state index in [0.29, 0.717) is 5.92 Å². The van der Waals surface area contributed by atoms with Crippen LogP contribution in [0.15, 0.2) is 4.99 Å². The van der Waals surface area contributed by atoms with Crippen LogP contribution in [0.5, 0.6) is 0 Å². The molecule has 0 spiro atoms. The summed E-state index contributed by atoms with van der Waals surface area (Å²) in [5.74, 6) is 1.64. The quantitative estimate of drug-likeness (QED) is 0.241. The first kappa shape index (κ1) is 22.9. The second-order valence-corrected chi connectivity index (χ2v) is 6.00. The molecular formula is C16H35IN4O2. The van der Waals surface area contributed by atoms with Crippen LogP contribution in [0.1, 0.15) is 19.8 Å². The molecule has 7 heteroatoms. The van der Waals surface area contributed by atoms with Gasteiger partial charge < -0.3 is 24.6 Å². The Morgan fingerprint density at radius 2 is 2.13 bits per heavy atom. The summed E-state index contributed by atoms with van der Waals surface area (Å²) in [6.07, 6.45) is 2.23. The number of nitrogens with one attached hydrogen (secondary N) is 1. The molecule has 0 aromatic carbocycles. The molecule has 138 valence electrons. The largest absolute Gasteiger partial charge is 0.383 e. The molecule has 0 bridgehead atoms. The normalized spacial score (nSPS) is 18.1. The van der Waals surface area contributed by atoms with Gasteiger partial charge in [-0.3, -0.25) is 4.99 Å². The SMILES string of the molecule is CCNC(=NCCCN(C)CCOC)N(C)CC1CCOC1.I. The first-order valence-corrected chi connectivity index (χ1v) is 8.42. The number of halogens is 1. The summed E-state index contributed by atoms with van der Waals surface area (Å²) in [6, 6.07) is 0. The summed E-state index contributed by atoms with van der Waals surface area (Å²) >= 11 is 0. The van der Waals surface area contributed by atoms with Gasteiger partial charge in [-0.1, -0.05) is 0 Å². The molecule has 0 aromatic rings. The van der Waals surface area contributed by atoms with Crippen molar-refractivity contribution in [2.24, 2.45) is 10.9 Å². The summed E-state index contributed by atoms with van der Waals surface area (Å²) in [5.41, 5.74) is 0. The second-order valence-electron chi connectivity index (χ2n) is 6.00. The molecule has 6 nitrogen and oxygen atoms in total. The maximum Gasteiger partial charge on any atom is 0.193 e. The zero-order valence-electron chi connectivity index (χ0n) is 15.2. The van der Waals surface area contributed by atoms with Gasteiger partial charge in [-0.25, -0.2) is 0 Å². The molecule has 1 fully saturated rings. The van der Waals surface area contributed by atoms with Crippen LogP contribution < -0.4 is 5.32 Å². The van der Waals surface area contributed by atoms with Crippen molar-refractivity contribution in [3.8, 4) is 0 Å². The van der Waals surface area contributed by atoms with E-state index in [-0.39, 0.29) is 24.0 Å². The van der Waals surface area contributed by atoms with E-state index in [1.165, 1.54) is 0 Å². The van der Waals surface area contributed by atoms with Crippen LogP contribution in [-0.4, -0.2) is 89.5 Å². The Hall–Kier alpha value is -0.120. The van der Waals surface area contributed by atoms with Gasteiger partial charge in [0.1, 0.15) is 0 Å². The highest BCUT2D eigenvalue weighted by Crippen LogP contribution is 2.13. The number of nitrogens with zero attached hydrogens (tertiary/aromatic N) is 3. The Morgan fingerprint density at radius 3 is 2.74 bits per heavy atom. The lowest BCUT2D eigenvalue weighted by molar-refractivity contribution is 0.161. The third-order valence-corrected chi connectivity index (χ3v) is 3.89. The molecule has 23 heavy (non-hydrogen) atoms. The van der Waals surface area contributed by atoms with Crippen molar-refractivity contribution in [2.45, 2.75) is 19.8 Å². The number of ether oxygens (including phenoxy) is 2. The first-order chi connectivity index (χ1) is 10.7. The average Bonchev–Trinajstić information content (AvgIpc) is 3.01. The number of hydrogen-bond acceptors (Lipinski definition) is 4. The second kappa shape index (κ2) is 14.2. The third-order valence-electron chi connectivity index (χ3n) is 3.89. The van der Waals surface area contributed by atoms with Gasteiger partial charge >= 0.3 is 0 Å². The Labute approximate surface area is 159 Å². The Bertz CT molecular complexity index is 312. The van der Waals surface area contributed by atoms with E-state index in [9.17, 15) is 0 Å². The molecule has 1 unspecified atom stereocenters. The Kier molecular flexibility index (Phi) is 14.2. The van der Waals surface area contributed by atoms with E-state index in [1.54, 1.807) is 7.11 Å². The van der Waals surface area contributed by atoms with E-state index >= 15 is 0 Å². The number of hydrogen-bond donors (Lipinski definition) is 1. The fraction of sp³-hybridized carbons (Fsp3) is 0.938. The van der Waals surface area contributed by atoms with Gasteiger partial charge in [0.05, 0.1) is 13.2 Å². The van der Waals surface area contributed by atoms with E-state index < -0.39 is 0 Å². The third kappa shape index (κ3) is 10.4. The predicted octanol–water partition coefficient (Wildman–Crippen LogP) is 1.51. The van der Waals surface area contributed by atoms with Gasteiger partial charge in [0, 0.05) is 52.9 Å². The number of guanidine groups is 1. The lowest BCUT2D eigenvalue weighted by Crippen LogP contribution is -2.41. The van der Waals surface area contributed by atoms with Crippen LogP contribution in [0.2, 0.25) is 0 Å². The lowest BCUT2D eigenvalue weighted by Gasteiger charge is -2.24. The highest BCUT2D eigenvalue weighted by Gasteiger charge is 2.18. The van der Waals surface area contributed by atoms with Crippen LogP contribution in [-0.2, 0) is 9.47 Å². The van der Waals surface area contributed by atoms with Crippen LogP contribution in [0.4, 0.5) is 0 Å². The van der Waals surface area contributed by atoms with Crippen LogP contribution in [0, 0.1) is 5.92 Å².